The highest BCUT2D eigenvalue weighted by atomic mass is 19.1. The van der Waals surface area contributed by atoms with Crippen LogP contribution < -0.4 is 4.74 Å². The number of piperazine rings is 1. The molecule has 0 amide bonds. The number of methoxy groups -OCH3 is 2. The van der Waals surface area contributed by atoms with Crippen molar-refractivity contribution in [2.24, 2.45) is 0 Å². The van der Waals surface area contributed by atoms with E-state index in [0.717, 1.165) is 19.6 Å². The summed E-state index contributed by atoms with van der Waals surface area (Å²) >= 11 is 0. The van der Waals surface area contributed by atoms with Gasteiger partial charge in [-0.05, 0) is 6.07 Å². The third-order valence-electron chi connectivity index (χ3n) is 4.13. The lowest BCUT2D eigenvalue weighted by Crippen LogP contribution is -2.50. The Bertz CT molecular complexity index is 533. The van der Waals surface area contributed by atoms with Crippen molar-refractivity contribution in [3.8, 4) is 5.75 Å². The summed E-state index contributed by atoms with van der Waals surface area (Å²) < 4.78 is 24.5. The van der Waals surface area contributed by atoms with Gasteiger partial charge in [0.15, 0.2) is 11.6 Å². The predicted molar refractivity (Wildman–Crippen MR) is 83.2 cm³/mol. The van der Waals surface area contributed by atoms with E-state index in [0.29, 0.717) is 19.7 Å². The second-order valence-corrected chi connectivity index (χ2v) is 5.47. The molecule has 1 fully saturated rings. The van der Waals surface area contributed by atoms with Gasteiger partial charge in [0.2, 0.25) is 0 Å². The third-order valence-corrected chi connectivity index (χ3v) is 4.13. The van der Waals surface area contributed by atoms with E-state index in [2.05, 4.69) is 4.90 Å². The van der Waals surface area contributed by atoms with Crippen molar-refractivity contribution in [2.75, 3.05) is 53.6 Å². The molecule has 23 heavy (non-hydrogen) atoms. The highest BCUT2D eigenvalue weighted by molar-refractivity contribution is 5.76. The van der Waals surface area contributed by atoms with E-state index in [1.165, 1.54) is 19.2 Å². The van der Waals surface area contributed by atoms with Crippen LogP contribution in [0.5, 0.6) is 5.75 Å². The van der Waals surface area contributed by atoms with Crippen molar-refractivity contribution in [1.29, 1.82) is 0 Å². The average molecular weight is 326 g/mol. The molecule has 1 saturated heterocycles. The van der Waals surface area contributed by atoms with Crippen molar-refractivity contribution in [3.63, 3.8) is 0 Å². The number of ether oxygens (including phenoxy) is 2. The molecule has 0 radical (unpaired) electrons. The fraction of sp³-hybridized carbons (Fsp3) is 0.562. The minimum absolute atomic E-state index is 0.0625. The molecule has 1 atom stereocenters. The van der Waals surface area contributed by atoms with Crippen LogP contribution in [-0.4, -0.2) is 74.4 Å². The minimum atomic E-state index is -1.05. The normalized spacial score (nSPS) is 17.9. The summed E-state index contributed by atoms with van der Waals surface area (Å²) in [6.07, 6.45) is 0. The first-order chi connectivity index (χ1) is 11.1. The van der Waals surface area contributed by atoms with Crippen LogP contribution >= 0.6 is 0 Å². The molecule has 0 spiro atoms. The molecule has 1 aliphatic heterocycles. The maximum Gasteiger partial charge on any atom is 0.325 e. The molecule has 7 heteroatoms. The molecule has 0 aliphatic carbocycles. The van der Waals surface area contributed by atoms with E-state index in [-0.39, 0.29) is 11.3 Å². The maximum absolute atomic E-state index is 14.4. The van der Waals surface area contributed by atoms with E-state index in [4.69, 9.17) is 9.47 Å². The molecular weight excluding hydrogens is 303 g/mol. The zero-order chi connectivity index (χ0) is 16.8. The predicted octanol–water partition coefficient (Wildman–Crippen LogP) is 1.22. The highest BCUT2D eigenvalue weighted by Crippen LogP contribution is 2.29. The number of halogens is 1. The van der Waals surface area contributed by atoms with E-state index < -0.39 is 17.8 Å². The van der Waals surface area contributed by atoms with Crippen LogP contribution in [0.15, 0.2) is 18.2 Å². The fourth-order valence-corrected chi connectivity index (χ4v) is 2.85. The van der Waals surface area contributed by atoms with Gasteiger partial charge in [0.25, 0.3) is 0 Å². The number of hydrogen-bond donors (Lipinski definition) is 1. The first-order valence-corrected chi connectivity index (χ1v) is 7.59. The van der Waals surface area contributed by atoms with Crippen LogP contribution in [0.3, 0.4) is 0 Å². The molecule has 0 saturated carbocycles. The summed E-state index contributed by atoms with van der Waals surface area (Å²) in [5.74, 6) is -1.60. The summed E-state index contributed by atoms with van der Waals surface area (Å²) in [6.45, 7) is 4.06. The van der Waals surface area contributed by atoms with E-state index in [1.807, 2.05) is 0 Å². The van der Waals surface area contributed by atoms with Gasteiger partial charge in [0.05, 0.1) is 13.7 Å². The van der Waals surface area contributed by atoms with Crippen LogP contribution in [0.25, 0.3) is 0 Å². The van der Waals surface area contributed by atoms with E-state index in [1.54, 1.807) is 18.1 Å². The van der Waals surface area contributed by atoms with Crippen LogP contribution in [0.4, 0.5) is 4.39 Å². The molecule has 1 N–H and O–H groups in total. The van der Waals surface area contributed by atoms with Crippen LogP contribution in [-0.2, 0) is 9.53 Å². The van der Waals surface area contributed by atoms with E-state index >= 15 is 0 Å². The van der Waals surface area contributed by atoms with Crippen molar-refractivity contribution in [2.45, 2.75) is 6.04 Å². The van der Waals surface area contributed by atoms with Gasteiger partial charge >= 0.3 is 5.97 Å². The zero-order valence-corrected chi connectivity index (χ0v) is 13.5. The summed E-state index contributed by atoms with van der Waals surface area (Å²) in [4.78, 5) is 15.7. The van der Waals surface area contributed by atoms with Crippen molar-refractivity contribution < 1.29 is 23.8 Å². The Hall–Kier alpha value is -1.70. The Kier molecular flexibility index (Phi) is 6.32. The molecule has 1 aromatic carbocycles. The Morgan fingerprint density at radius 2 is 2.00 bits per heavy atom. The highest BCUT2D eigenvalue weighted by Gasteiger charge is 2.32. The van der Waals surface area contributed by atoms with Gasteiger partial charge in [0.1, 0.15) is 6.04 Å². The van der Waals surface area contributed by atoms with Gasteiger partial charge < -0.3 is 14.6 Å². The second kappa shape index (κ2) is 8.24. The lowest BCUT2D eigenvalue weighted by Gasteiger charge is -2.37. The number of rotatable bonds is 7. The minimum Gasteiger partial charge on any atom is -0.494 e. The smallest absolute Gasteiger partial charge is 0.325 e. The standard InChI is InChI=1S/C16H23FN2O4/c1-22-11-10-18-6-8-19(9-7-18)15(16(20)21)12-4-3-5-13(23-2)14(12)17/h3-5,15H,6-11H2,1-2H3,(H,20,21). The van der Waals surface area contributed by atoms with Crippen LogP contribution in [0.2, 0.25) is 0 Å². The maximum atomic E-state index is 14.4. The largest absolute Gasteiger partial charge is 0.494 e. The molecule has 0 aromatic heterocycles. The number of hydrogen-bond acceptors (Lipinski definition) is 5. The monoisotopic (exact) mass is 326 g/mol. The molecule has 6 nitrogen and oxygen atoms in total. The first-order valence-electron chi connectivity index (χ1n) is 7.59. The fourth-order valence-electron chi connectivity index (χ4n) is 2.85. The molecule has 1 aliphatic rings. The van der Waals surface area contributed by atoms with Gasteiger partial charge in [-0.3, -0.25) is 14.6 Å². The van der Waals surface area contributed by atoms with E-state index in [9.17, 15) is 14.3 Å². The number of benzene rings is 1. The third kappa shape index (κ3) is 4.19. The summed E-state index contributed by atoms with van der Waals surface area (Å²) in [5, 5.41) is 9.59. The quantitative estimate of drug-likeness (QED) is 0.813. The summed E-state index contributed by atoms with van der Waals surface area (Å²) in [6, 6.07) is 3.60. The molecule has 128 valence electrons. The Morgan fingerprint density at radius 1 is 1.30 bits per heavy atom. The number of carboxylic acids is 1. The van der Waals surface area contributed by atoms with Crippen molar-refractivity contribution in [3.05, 3.63) is 29.6 Å². The molecule has 1 heterocycles. The van der Waals surface area contributed by atoms with Gasteiger partial charge in [-0.25, -0.2) is 4.39 Å². The summed E-state index contributed by atoms with van der Waals surface area (Å²) in [7, 11) is 3.02. The Morgan fingerprint density at radius 3 is 2.57 bits per heavy atom. The van der Waals surface area contributed by atoms with Crippen molar-refractivity contribution in [1.82, 2.24) is 9.80 Å². The number of carboxylic acid groups (broad SMARTS) is 1. The average Bonchev–Trinajstić information content (AvgIpc) is 2.55. The lowest BCUT2D eigenvalue weighted by molar-refractivity contribution is -0.144. The Balaban J connectivity index is 2.13. The number of carbonyl (C=O) groups is 1. The first kappa shape index (κ1) is 17.7. The number of aliphatic carboxylic acids is 1. The number of nitrogens with zero attached hydrogens (tertiary/aromatic N) is 2. The summed E-state index contributed by atoms with van der Waals surface area (Å²) in [5.41, 5.74) is 0.141. The SMILES string of the molecule is COCCN1CCN(C(C(=O)O)c2cccc(OC)c2F)CC1. The molecule has 1 unspecified atom stereocenters. The molecule has 1 aromatic rings. The van der Waals surface area contributed by atoms with Crippen LogP contribution in [0.1, 0.15) is 11.6 Å². The second-order valence-electron chi connectivity index (χ2n) is 5.47. The van der Waals surface area contributed by atoms with Gasteiger partial charge in [-0.1, -0.05) is 12.1 Å². The van der Waals surface area contributed by atoms with Gasteiger partial charge in [-0.15, -0.1) is 0 Å². The molecule has 0 bridgehead atoms. The van der Waals surface area contributed by atoms with Crippen LogP contribution in [0, 0.1) is 5.82 Å². The van der Waals surface area contributed by atoms with Gasteiger partial charge in [-0.2, -0.15) is 0 Å². The molecular formula is C16H23FN2O4. The zero-order valence-electron chi connectivity index (χ0n) is 13.5. The molecule has 2 rings (SSSR count). The van der Waals surface area contributed by atoms with Crippen molar-refractivity contribution >= 4 is 5.97 Å². The van der Waals surface area contributed by atoms with Gasteiger partial charge in [0, 0.05) is 45.4 Å². The topological polar surface area (TPSA) is 62.2 Å². The Labute approximate surface area is 135 Å². The lowest BCUT2D eigenvalue weighted by atomic mass is 10.0.